The molecule has 6 nitrogen and oxygen atoms in total. The van der Waals surface area contributed by atoms with E-state index in [1.165, 1.54) is 5.56 Å². The van der Waals surface area contributed by atoms with Gasteiger partial charge in [0.15, 0.2) is 0 Å². The molecule has 2 atom stereocenters. The van der Waals surface area contributed by atoms with E-state index in [2.05, 4.69) is 47.8 Å². The van der Waals surface area contributed by atoms with Crippen LogP contribution < -0.4 is 35.1 Å². The van der Waals surface area contributed by atoms with E-state index in [0.717, 1.165) is 24.2 Å². The fourth-order valence-corrected chi connectivity index (χ4v) is 4.26. The number of rotatable bonds is 6. The van der Waals surface area contributed by atoms with Gasteiger partial charge in [0.1, 0.15) is 0 Å². The van der Waals surface area contributed by atoms with E-state index in [4.69, 9.17) is 9.47 Å². The number of carbonyl (C=O) groups excluding carboxylic acids is 1. The fourth-order valence-electron chi connectivity index (χ4n) is 3.06. The molecular weight excluding hydrogens is 471 g/mol. The third-order valence-electron chi connectivity index (χ3n) is 4.04. The van der Waals surface area contributed by atoms with E-state index in [9.17, 15) is 9.90 Å². The van der Waals surface area contributed by atoms with Gasteiger partial charge in [0, 0.05) is 0 Å². The molecule has 1 heterocycles. The van der Waals surface area contributed by atoms with Crippen LogP contribution >= 0.6 is 0 Å². The average Bonchev–Trinajstić information content (AvgIpc) is 2.55. The van der Waals surface area contributed by atoms with Crippen molar-refractivity contribution >= 4 is 6.09 Å². The van der Waals surface area contributed by atoms with Gasteiger partial charge in [0.25, 0.3) is 0 Å². The standard InChI is InChI=1S/C21H34IN2O4/c1-20(2,3)12-14-7-8-17-15(11-14)16(9-10-27-17)23-13-18(25)22-24-19(26)28-21(4,5)6/h7-8,11,16,18,23,25H,9-10,12-13H2,1-6H3,(H,24,26)/q-1. The van der Waals surface area contributed by atoms with Gasteiger partial charge in [-0.2, -0.15) is 0 Å². The van der Waals surface area contributed by atoms with Gasteiger partial charge < -0.3 is 0 Å². The number of fused-ring (bicyclic) bond motifs is 1. The molecule has 0 fully saturated rings. The third kappa shape index (κ3) is 8.13. The molecule has 7 heteroatoms. The summed E-state index contributed by atoms with van der Waals surface area (Å²) in [6, 6.07) is 6.55. The number of amides is 1. The fraction of sp³-hybridized carbons (Fsp3) is 0.667. The summed E-state index contributed by atoms with van der Waals surface area (Å²) in [6.45, 7) is 13.2. The summed E-state index contributed by atoms with van der Waals surface area (Å²) < 4.78 is 13.1. The first kappa shape index (κ1) is 23.2. The first-order chi connectivity index (χ1) is 12.9. The first-order valence-corrected chi connectivity index (χ1v) is 12.0. The number of ether oxygens (including phenoxy) is 2. The molecule has 1 amide bonds. The van der Waals surface area contributed by atoms with Crippen molar-refractivity contribution in [2.45, 2.75) is 70.1 Å². The molecule has 0 aliphatic carbocycles. The van der Waals surface area contributed by atoms with Crippen LogP contribution in [0.1, 0.15) is 65.1 Å². The van der Waals surface area contributed by atoms with Crippen molar-refractivity contribution in [3.63, 3.8) is 0 Å². The SMILES string of the molecule is CC(C)(C)Cc1ccc2c(c1)C(NCC(O)[I-]NC(=O)OC(C)(C)C)CCO2. The molecular formula is C21H34IN2O4-. The van der Waals surface area contributed by atoms with Gasteiger partial charge in [0.2, 0.25) is 0 Å². The monoisotopic (exact) mass is 505 g/mol. The molecule has 160 valence electrons. The van der Waals surface area contributed by atoms with E-state index in [0.29, 0.717) is 13.2 Å². The maximum absolute atomic E-state index is 11.7. The predicted octanol–water partition coefficient (Wildman–Crippen LogP) is 0.536. The van der Waals surface area contributed by atoms with Crippen LogP contribution in [0.15, 0.2) is 18.2 Å². The zero-order valence-electron chi connectivity index (χ0n) is 17.8. The van der Waals surface area contributed by atoms with Gasteiger partial charge in [-0.1, -0.05) is 0 Å². The average molecular weight is 505 g/mol. The van der Waals surface area contributed by atoms with Crippen LogP contribution in [0, 0.1) is 5.41 Å². The summed E-state index contributed by atoms with van der Waals surface area (Å²) in [5.41, 5.74) is 2.13. The van der Waals surface area contributed by atoms with Crippen molar-refractivity contribution in [1.82, 2.24) is 8.85 Å². The van der Waals surface area contributed by atoms with Gasteiger partial charge in [0.05, 0.1) is 0 Å². The summed E-state index contributed by atoms with van der Waals surface area (Å²) in [5.74, 6) is 0.914. The van der Waals surface area contributed by atoms with E-state index in [1.807, 2.05) is 20.8 Å². The van der Waals surface area contributed by atoms with Crippen molar-refractivity contribution < 1.29 is 40.9 Å². The van der Waals surface area contributed by atoms with Crippen molar-refractivity contribution in [2.75, 3.05) is 13.2 Å². The van der Waals surface area contributed by atoms with Crippen LogP contribution in [0.4, 0.5) is 4.79 Å². The third-order valence-corrected chi connectivity index (χ3v) is 5.95. The Hall–Kier alpha value is -1.06. The molecule has 0 radical (unpaired) electrons. The molecule has 0 aromatic heterocycles. The Morgan fingerprint density at radius 1 is 1.32 bits per heavy atom. The predicted molar refractivity (Wildman–Crippen MR) is 106 cm³/mol. The number of hydrogen-bond donors (Lipinski definition) is 3. The number of alkyl halides is 1. The van der Waals surface area contributed by atoms with Gasteiger partial charge in [-0.05, 0) is 0 Å². The van der Waals surface area contributed by atoms with Crippen LogP contribution in [0.25, 0.3) is 0 Å². The molecule has 0 saturated heterocycles. The number of hydrogen-bond acceptors (Lipinski definition) is 5. The second kappa shape index (κ2) is 9.63. The van der Waals surface area contributed by atoms with Gasteiger partial charge in [-0.3, -0.25) is 0 Å². The van der Waals surface area contributed by atoms with Gasteiger partial charge in [-0.25, -0.2) is 0 Å². The first-order valence-electron chi connectivity index (χ1n) is 9.71. The molecule has 2 rings (SSSR count). The molecule has 1 aromatic carbocycles. The minimum atomic E-state index is -0.918. The van der Waals surface area contributed by atoms with Gasteiger partial charge >= 0.3 is 180 Å². The van der Waals surface area contributed by atoms with Crippen LogP contribution in [0.5, 0.6) is 5.75 Å². The van der Waals surface area contributed by atoms with E-state index in [-0.39, 0.29) is 11.5 Å². The molecule has 1 aliphatic heterocycles. The second-order valence-electron chi connectivity index (χ2n) is 9.35. The normalized spacial score (nSPS) is 18.2. The summed E-state index contributed by atoms with van der Waals surface area (Å²) in [5, 5.41) is 13.7. The topological polar surface area (TPSA) is 79.8 Å². The Balaban J connectivity index is 1.90. The number of halogens is 1. The van der Waals surface area contributed by atoms with E-state index in [1.54, 1.807) is 0 Å². The summed E-state index contributed by atoms with van der Waals surface area (Å²) >= 11 is -0.918. The van der Waals surface area contributed by atoms with Crippen molar-refractivity contribution in [1.29, 1.82) is 0 Å². The van der Waals surface area contributed by atoms with Crippen LogP contribution in [-0.2, 0) is 11.2 Å². The van der Waals surface area contributed by atoms with Crippen LogP contribution in [0.3, 0.4) is 0 Å². The molecule has 0 bridgehead atoms. The molecule has 3 N–H and O–H groups in total. The number of carbonyl (C=O) groups is 1. The van der Waals surface area contributed by atoms with Gasteiger partial charge in [-0.15, -0.1) is 0 Å². The summed E-state index contributed by atoms with van der Waals surface area (Å²) in [7, 11) is 0. The Morgan fingerprint density at radius 2 is 2.04 bits per heavy atom. The molecule has 2 unspecified atom stereocenters. The van der Waals surface area contributed by atoms with Crippen LogP contribution in [-0.4, -0.2) is 34.1 Å². The molecule has 28 heavy (non-hydrogen) atoms. The van der Waals surface area contributed by atoms with Crippen molar-refractivity contribution in [3.8, 4) is 5.75 Å². The second-order valence-corrected chi connectivity index (χ2v) is 11.9. The molecule has 1 aliphatic rings. The zero-order valence-corrected chi connectivity index (χ0v) is 19.9. The van der Waals surface area contributed by atoms with E-state index < -0.39 is 37.3 Å². The number of aliphatic hydroxyl groups excluding tert-OH is 1. The summed E-state index contributed by atoms with van der Waals surface area (Å²) in [6.07, 6.45) is 1.39. The van der Waals surface area contributed by atoms with E-state index >= 15 is 0 Å². The number of nitrogens with one attached hydrogen (secondary N) is 2. The molecule has 0 saturated carbocycles. The molecule has 0 spiro atoms. The van der Waals surface area contributed by atoms with Crippen molar-refractivity contribution in [2.24, 2.45) is 5.41 Å². The van der Waals surface area contributed by atoms with Crippen molar-refractivity contribution in [3.05, 3.63) is 29.3 Å². The maximum atomic E-state index is 11.7. The quantitative estimate of drug-likeness (QED) is 0.299. The Morgan fingerprint density at radius 3 is 2.68 bits per heavy atom. The summed E-state index contributed by atoms with van der Waals surface area (Å²) in [4.78, 5) is 11.7. The van der Waals surface area contributed by atoms with Crippen LogP contribution in [0.2, 0.25) is 0 Å². The molecule has 1 aromatic rings. The Bertz CT molecular complexity index is 667. The number of benzene rings is 1. The Kier molecular flexibility index (Phi) is 7.98. The Labute approximate surface area is 179 Å². The zero-order chi connectivity index (χ0) is 20.9. The number of aliphatic hydroxyl groups is 1. The minimum absolute atomic E-state index is 0.142.